The first-order valence-electron chi connectivity index (χ1n) is 6.66. The summed E-state index contributed by atoms with van der Waals surface area (Å²) in [7, 11) is 0. The molecule has 1 aromatic heterocycles. The molecule has 0 amide bonds. The Kier molecular flexibility index (Phi) is 5.52. The molecule has 0 saturated carbocycles. The van der Waals surface area contributed by atoms with Crippen molar-refractivity contribution in [2.45, 2.75) is 19.6 Å². The highest BCUT2D eigenvalue weighted by Crippen LogP contribution is 2.11. The van der Waals surface area contributed by atoms with E-state index in [0.29, 0.717) is 6.54 Å². The van der Waals surface area contributed by atoms with Crippen LogP contribution in [0.3, 0.4) is 0 Å². The van der Waals surface area contributed by atoms with Gasteiger partial charge in [-0.15, -0.1) is 5.10 Å². The van der Waals surface area contributed by atoms with Gasteiger partial charge in [0, 0.05) is 19.3 Å². The van der Waals surface area contributed by atoms with Crippen molar-refractivity contribution in [3.63, 3.8) is 0 Å². The normalized spacial score (nSPS) is 12.3. The van der Waals surface area contributed by atoms with Gasteiger partial charge in [-0.05, 0) is 19.1 Å². The molecule has 0 saturated heterocycles. The second-order valence-corrected chi connectivity index (χ2v) is 4.65. The number of aliphatic hydroxyl groups is 1. The predicted molar refractivity (Wildman–Crippen MR) is 75.6 cm³/mol. The molecule has 0 fully saturated rings. The van der Waals surface area contributed by atoms with Crippen molar-refractivity contribution >= 4 is 0 Å². The Labute approximate surface area is 118 Å². The Morgan fingerprint density at radius 1 is 1.35 bits per heavy atom. The van der Waals surface area contributed by atoms with Gasteiger partial charge >= 0.3 is 0 Å². The Balaban J connectivity index is 1.58. The van der Waals surface area contributed by atoms with Crippen LogP contribution in [-0.4, -0.2) is 45.9 Å². The van der Waals surface area contributed by atoms with E-state index in [-0.39, 0.29) is 6.61 Å². The summed E-state index contributed by atoms with van der Waals surface area (Å²) in [5.41, 5.74) is 1.19. The average Bonchev–Trinajstić information content (AvgIpc) is 2.96. The second kappa shape index (κ2) is 7.62. The van der Waals surface area contributed by atoms with Crippen LogP contribution in [0.5, 0.6) is 5.75 Å². The van der Waals surface area contributed by atoms with Crippen molar-refractivity contribution in [2.75, 3.05) is 19.7 Å². The lowest BCUT2D eigenvalue weighted by molar-refractivity contribution is 0.106. The van der Waals surface area contributed by atoms with Crippen LogP contribution >= 0.6 is 0 Å². The molecule has 1 unspecified atom stereocenters. The second-order valence-electron chi connectivity index (χ2n) is 4.65. The smallest absolute Gasteiger partial charge is 0.119 e. The van der Waals surface area contributed by atoms with Crippen molar-refractivity contribution in [3.8, 4) is 5.75 Å². The molecule has 6 nitrogen and oxygen atoms in total. The SMILES string of the molecule is Cc1ccc(OCC(O)CNCCn2ccnn2)cc1. The highest BCUT2D eigenvalue weighted by atomic mass is 16.5. The first-order chi connectivity index (χ1) is 9.74. The molecule has 0 bridgehead atoms. The van der Waals surface area contributed by atoms with Crippen molar-refractivity contribution in [2.24, 2.45) is 0 Å². The van der Waals surface area contributed by atoms with Gasteiger partial charge < -0.3 is 15.2 Å². The molecule has 108 valence electrons. The lowest BCUT2D eigenvalue weighted by atomic mass is 10.2. The minimum Gasteiger partial charge on any atom is -0.491 e. The molecule has 1 aromatic carbocycles. The van der Waals surface area contributed by atoms with Gasteiger partial charge in [0.25, 0.3) is 0 Å². The minimum atomic E-state index is -0.535. The first kappa shape index (κ1) is 14.5. The van der Waals surface area contributed by atoms with Crippen LogP contribution in [0.25, 0.3) is 0 Å². The van der Waals surface area contributed by atoms with E-state index < -0.39 is 6.10 Å². The van der Waals surface area contributed by atoms with Gasteiger partial charge in [0.15, 0.2) is 0 Å². The Hall–Kier alpha value is -1.92. The molecule has 20 heavy (non-hydrogen) atoms. The number of nitrogens with zero attached hydrogens (tertiary/aromatic N) is 3. The van der Waals surface area contributed by atoms with Crippen LogP contribution in [0.1, 0.15) is 5.56 Å². The van der Waals surface area contributed by atoms with Crippen molar-refractivity contribution in [1.29, 1.82) is 0 Å². The molecule has 6 heteroatoms. The summed E-state index contributed by atoms with van der Waals surface area (Å²) in [6, 6.07) is 7.77. The van der Waals surface area contributed by atoms with Crippen LogP contribution < -0.4 is 10.1 Å². The van der Waals surface area contributed by atoms with E-state index in [1.165, 1.54) is 5.56 Å². The van der Waals surface area contributed by atoms with E-state index >= 15 is 0 Å². The summed E-state index contributed by atoms with van der Waals surface area (Å²) in [6.07, 6.45) is 2.91. The monoisotopic (exact) mass is 276 g/mol. The number of aliphatic hydroxyl groups excluding tert-OH is 1. The Morgan fingerprint density at radius 3 is 2.85 bits per heavy atom. The number of hydrogen-bond donors (Lipinski definition) is 2. The number of benzene rings is 1. The van der Waals surface area contributed by atoms with Crippen molar-refractivity contribution < 1.29 is 9.84 Å². The summed E-state index contributed by atoms with van der Waals surface area (Å²) in [4.78, 5) is 0. The fourth-order valence-corrected chi connectivity index (χ4v) is 1.70. The molecule has 2 rings (SSSR count). The molecule has 1 heterocycles. The van der Waals surface area contributed by atoms with Crippen LogP contribution in [0.4, 0.5) is 0 Å². The van der Waals surface area contributed by atoms with Crippen molar-refractivity contribution in [1.82, 2.24) is 20.3 Å². The summed E-state index contributed by atoms with van der Waals surface area (Å²) in [6.45, 7) is 4.24. The number of nitrogens with one attached hydrogen (secondary N) is 1. The van der Waals surface area contributed by atoms with Crippen molar-refractivity contribution in [3.05, 3.63) is 42.2 Å². The van der Waals surface area contributed by atoms with Gasteiger partial charge in [-0.25, -0.2) is 0 Å². The topological polar surface area (TPSA) is 72.2 Å². The van der Waals surface area contributed by atoms with Gasteiger partial charge in [0.2, 0.25) is 0 Å². The van der Waals surface area contributed by atoms with Gasteiger partial charge in [-0.2, -0.15) is 0 Å². The summed E-state index contributed by atoms with van der Waals surface area (Å²) >= 11 is 0. The molecule has 0 aliphatic rings. The molecule has 0 spiro atoms. The molecule has 0 radical (unpaired) electrons. The van der Waals surface area contributed by atoms with Gasteiger partial charge in [0.1, 0.15) is 18.5 Å². The summed E-state index contributed by atoms with van der Waals surface area (Å²) in [5, 5.41) is 20.5. The molecule has 2 N–H and O–H groups in total. The quantitative estimate of drug-likeness (QED) is 0.691. The fraction of sp³-hybridized carbons (Fsp3) is 0.429. The minimum absolute atomic E-state index is 0.277. The maximum atomic E-state index is 9.80. The fourth-order valence-electron chi connectivity index (χ4n) is 1.70. The zero-order chi connectivity index (χ0) is 14.2. The lowest BCUT2D eigenvalue weighted by Gasteiger charge is -2.13. The van der Waals surface area contributed by atoms with E-state index in [1.54, 1.807) is 17.1 Å². The largest absolute Gasteiger partial charge is 0.491 e. The predicted octanol–water partition coefficient (Wildman–Crippen LogP) is 0.616. The summed E-state index contributed by atoms with van der Waals surface area (Å²) < 4.78 is 7.25. The van der Waals surface area contributed by atoms with E-state index in [2.05, 4.69) is 15.6 Å². The van der Waals surface area contributed by atoms with E-state index in [9.17, 15) is 5.11 Å². The van der Waals surface area contributed by atoms with E-state index in [0.717, 1.165) is 18.8 Å². The summed E-state index contributed by atoms with van der Waals surface area (Å²) in [5.74, 6) is 0.775. The number of hydrogen-bond acceptors (Lipinski definition) is 5. The molecule has 2 aromatic rings. The number of rotatable bonds is 8. The molecular weight excluding hydrogens is 256 g/mol. The van der Waals surface area contributed by atoms with Gasteiger partial charge in [-0.3, -0.25) is 4.68 Å². The Bertz CT molecular complexity index is 484. The third kappa shape index (κ3) is 4.99. The lowest BCUT2D eigenvalue weighted by Crippen LogP contribution is -2.33. The first-order valence-corrected chi connectivity index (χ1v) is 6.66. The highest BCUT2D eigenvalue weighted by Gasteiger charge is 2.04. The third-order valence-electron chi connectivity index (χ3n) is 2.83. The maximum Gasteiger partial charge on any atom is 0.119 e. The molecular formula is C14H20N4O2. The highest BCUT2D eigenvalue weighted by molar-refractivity contribution is 5.26. The molecule has 0 aliphatic carbocycles. The number of aryl methyl sites for hydroxylation is 1. The van der Waals surface area contributed by atoms with E-state index in [4.69, 9.17) is 4.74 Å². The van der Waals surface area contributed by atoms with Crippen LogP contribution in [0, 0.1) is 6.92 Å². The Morgan fingerprint density at radius 2 is 2.15 bits per heavy atom. The zero-order valence-electron chi connectivity index (χ0n) is 11.6. The third-order valence-corrected chi connectivity index (χ3v) is 2.83. The molecule has 1 atom stereocenters. The van der Waals surface area contributed by atoms with Crippen LogP contribution in [0.2, 0.25) is 0 Å². The molecule has 0 aliphatic heterocycles. The number of aromatic nitrogens is 3. The number of ether oxygens (including phenoxy) is 1. The zero-order valence-corrected chi connectivity index (χ0v) is 11.6. The van der Waals surface area contributed by atoms with Crippen LogP contribution in [0.15, 0.2) is 36.7 Å². The van der Waals surface area contributed by atoms with Crippen LogP contribution in [-0.2, 0) is 6.54 Å². The van der Waals surface area contributed by atoms with E-state index in [1.807, 2.05) is 31.2 Å². The van der Waals surface area contributed by atoms with Gasteiger partial charge in [0.05, 0.1) is 12.7 Å². The van der Waals surface area contributed by atoms with Gasteiger partial charge in [-0.1, -0.05) is 22.9 Å². The maximum absolute atomic E-state index is 9.80. The standard InChI is InChI=1S/C14H20N4O2/c1-12-2-4-14(5-3-12)20-11-13(19)10-15-6-8-18-9-7-16-17-18/h2-5,7,9,13,15,19H,6,8,10-11H2,1H3. The average molecular weight is 276 g/mol.